The normalized spacial score (nSPS) is 11.6. The van der Waals surface area contributed by atoms with Crippen LogP contribution in [-0.2, 0) is 11.2 Å². The molecule has 3 nitrogen and oxygen atoms in total. The Morgan fingerprint density at radius 1 is 0.966 bits per heavy atom. The molecule has 0 saturated heterocycles. The van der Waals surface area contributed by atoms with Gasteiger partial charge in [-0.3, -0.25) is 4.79 Å². The predicted molar refractivity (Wildman–Crippen MR) is 121 cm³/mol. The van der Waals surface area contributed by atoms with E-state index < -0.39 is 0 Å². The highest BCUT2D eigenvalue weighted by Crippen LogP contribution is 2.23. The highest BCUT2D eigenvalue weighted by molar-refractivity contribution is 6.31. The zero-order chi connectivity index (χ0) is 20.1. The van der Waals surface area contributed by atoms with Crippen LogP contribution >= 0.6 is 11.6 Å². The lowest BCUT2D eigenvalue weighted by Crippen LogP contribution is -2.26. The van der Waals surface area contributed by atoms with Gasteiger partial charge in [-0.25, -0.2) is 0 Å². The number of rotatable bonds is 6. The molecule has 0 radical (unpaired) electrons. The van der Waals surface area contributed by atoms with Gasteiger partial charge in [0, 0.05) is 34.2 Å². The average Bonchev–Trinajstić information content (AvgIpc) is 3.15. The summed E-state index contributed by atoms with van der Waals surface area (Å²) in [5.41, 5.74) is 4.72. The fraction of sp³-hybridized carbons (Fsp3) is 0.0800. The van der Waals surface area contributed by atoms with Crippen molar-refractivity contribution in [2.45, 2.75) is 6.42 Å². The molecule has 4 heteroatoms. The average molecular weight is 401 g/mol. The maximum atomic E-state index is 13.0. The number of hydrogen-bond donors (Lipinski definition) is 2. The Hall–Kier alpha value is -3.30. The molecule has 29 heavy (non-hydrogen) atoms. The Balaban J connectivity index is 1.51. The molecule has 2 N–H and O–H groups in total. The molecular formula is C25H21ClN2O. The number of carbonyl (C=O) groups excluding carboxylic acids is 1. The van der Waals surface area contributed by atoms with Gasteiger partial charge in [-0.2, -0.15) is 0 Å². The quantitative estimate of drug-likeness (QED) is 0.315. The Bertz CT molecular complexity index is 1150. The van der Waals surface area contributed by atoms with Gasteiger partial charge in [-0.15, -0.1) is 0 Å². The fourth-order valence-corrected chi connectivity index (χ4v) is 3.55. The number of hydrogen-bond acceptors (Lipinski definition) is 1. The van der Waals surface area contributed by atoms with Crippen molar-refractivity contribution in [3.63, 3.8) is 0 Å². The molecule has 0 aliphatic carbocycles. The number of nitrogens with one attached hydrogen (secondary N) is 2. The molecule has 0 atom stereocenters. The molecule has 4 rings (SSSR count). The zero-order valence-corrected chi connectivity index (χ0v) is 16.6. The van der Waals surface area contributed by atoms with E-state index >= 15 is 0 Å². The Morgan fingerprint density at radius 2 is 1.69 bits per heavy atom. The van der Waals surface area contributed by atoms with Crippen LogP contribution in [0.2, 0.25) is 5.02 Å². The van der Waals surface area contributed by atoms with Gasteiger partial charge in [0.2, 0.25) is 0 Å². The molecule has 0 spiro atoms. The first-order valence-electron chi connectivity index (χ1n) is 9.56. The molecule has 3 aromatic carbocycles. The molecule has 0 saturated carbocycles. The second-order valence-corrected chi connectivity index (χ2v) is 7.28. The van der Waals surface area contributed by atoms with Crippen molar-refractivity contribution in [3.05, 3.63) is 107 Å². The lowest BCUT2D eigenvalue weighted by molar-refractivity contribution is -0.115. The van der Waals surface area contributed by atoms with E-state index in [2.05, 4.69) is 10.3 Å². The van der Waals surface area contributed by atoms with Crippen molar-refractivity contribution in [2.75, 3.05) is 6.54 Å². The summed E-state index contributed by atoms with van der Waals surface area (Å²) < 4.78 is 0. The van der Waals surface area contributed by atoms with Gasteiger partial charge < -0.3 is 10.3 Å². The van der Waals surface area contributed by atoms with Gasteiger partial charge in [-0.05, 0) is 47.4 Å². The summed E-state index contributed by atoms with van der Waals surface area (Å²) in [7, 11) is 0. The second kappa shape index (κ2) is 8.80. The monoisotopic (exact) mass is 400 g/mol. The van der Waals surface area contributed by atoms with Crippen LogP contribution in [0.4, 0.5) is 0 Å². The lowest BCUT2D eigenvalue weighted by Gasteiger charge is -2.10. The van der Waals surface area contributed by atoms with Gasteiger partial charge in [0.05, 0.1) is 0 Å². The third-order valence-corrected chi connectivity index (χ3v) is 5.08. The van der Waals surface area contributed by atoms with E-state index in [1.807, 2.05) is 91.1 Å². The summed E-state index contributed by atoms with van der Waals surface area (Å²) in [6.07, 6.45) is 4.63. The molecular weight excluding hydrogens is 380 g/mol. The summed E-state index contributed by atoms with van der Waals surface area (Å²) >= 11 is 6.13. The van der Waals surface area contributed by atoms with Crippen molar-refractivity contribution in [2.24, 2.45) is 0 Å². The highest BCUT2D eigenvalue weighted by Gasteiger charge is 2.12. The highest BCUT2D eigenvalue weighted by atomic mass is 35.5. The molecule has 0 aliphatic rings. The first-order chi connectivity index (χ1) is 14.2. The van der Waals surface area contributed by atoms with Gasteiger partial charge in [-0.1, -0.05) is 72.3 Å². The fourth-order valence-electron chi connectivity index (χ4n) is 3.38. The van der Waals surface area contributed by atoms with E-state index in [0.29, 0.717) is 17.1 Å². The van der Waals surface area contributed by atoms with Crippen molar-refractivity contribution < 1.29 is 4.79 Å². The summed E-state index contributed by atoms with van der Waals surface area (Å²) in [5.74, 6) is -0.0853. The predicted octanol–water partition coefficient (Wildman–Crippen LogP) is 5.72. The lowest BCUT2D eigenvalue weighted by atomic mass is 10.0. The first-order valence-corrected chi connectivity index (χ1v) is 9.94. The molecule has 1 aromatic heterocycles. The topological polar surface area (TPSA) is 44.9 Å². The third-order valence-electron chi connectivity index (χ3n) is 4.85. The molecule has 0 fully saturated rings. The van der Waals surface area contributed by atoms with E-state index in [-0.39, 0.29) is 5.91 Å². The minimum atomic E-state index is -0.0853. The minimum absolute atomic E-state index is 0.0853. The van der Waals surface area contributed by atoms with E-state index in [1.165, 1.54) is 0 Å². The van der Waals surface area contributed by atoms with Gasteiger partial charge in [0.25, 0.3) is 5.91 Å². The van der Waals surface area contributed by atoms with Crippen LogP contribution in [0.5, 0.6) is 0 Å². The van der Waals surface area contributed by atoms with Crippen LogP contribution in [0, 0.1) is 0 Å². The smallest absolute Gasteiger partial charge is 0.251 e. The molecule has 0 bridgehead atoms. The Labute approximate surface area is 175 Å². The van der Waals surface area contributed by atoms with Gasteiger partial charge in [0.15, 0.2) is 0 Å². The number of fused-ring (bicyclic) bond motifs is 1. The van der Waals surface area contributed by atoms with Crippen LogP contribution in [0.3, 0.4) is 0 Å². The van der Waals surface area contributed by atoms with Crippen LogP contribution in [0.25, 0.3) is 22.6 Å². The number of halogens is 1. The largest absolute Gasteiger partial charge is 0.361 e. The maximum absolute atomic E-state index is 13.0. The van der Waals surface area contributed by atoms with Crippen LogP contribution in [0.15, 0.2) is 85.1 Å². The number of aromatic nitrogens is 1. The molecule has 0 aliphatic heterocycles. The van der Waals surface area contributed by atoms with Crippen LogP contribution in [0.1, 0.15) is 16.7 Å². The molecule has 0 unspecified atom stereocenters. The molecule has 1 amide bonds. The van der Waals surface area contributed by atoms with Crippen LogP contribution in [-0.4, -0.2) is 17.4 Å². The first kappa shape index (κ1) is 19.0. The van der Waals surface area contributed by atoms with E-state index in [1.54, 1.807) is 0 Å². The summed E-state index contributed by atoms with van der Waals surface area (Å²) in [6.45, 7) is 0.539. The number of amides is 1. The third kappa shape index (κ3) is 4.58. The zero-order valence-electron chi connectivity index (χ0n) is 15.9. The molecule has 144 valence electrons. The molecule has 1 heterocycles. The maximum Gasteiger partial charge on any atom is 0.251 e. The van der Waals surface area contributed by atoms with Crippen molar-refractivity contribution in [1.29, 1.82) is 0 Å². The number of H-pyrrole nitrogens is 1. The Kier molecular flexibility index (Phi) is 5.78. The number of carbonyl (C=O) groups is 1. The molecule has 4 aromatic rings. The summed E-state index contributed by atoms with van der Waals surface area (Å²) in [4.78, 5) is 16.2. The second-order valence-electron chi connectivity index (χ2n) is 6.84. The standard InChI is InChI=1S/C25H21ClN2O/c26-21-11-12-24-22(16-21)20(17-28-24)13-14-27-25(29)23(19-9-5-2-6-10-19)15-18-7-3-1-4-8-18/h1-12,15-17,28H,13-14H2,(H,27,29)/b23-15+. The van der Waals surface area contributed by atoms with Gasteiger partial charge >= 0.3 is 0 Å². The van der Waals surface area contributed by atoms with E-state index in [0.717, 1.165) is 34.0 Å². The van der Waals surface area contributed by atoms with E-state index in [4.69, 9.17) is 11.6 Å². The summed E-state index contributed by atoms with van der Waals surface area (Å²) in [5, 5.41) is 4.87. The number of benzene rings is 3. The SMILES string of the molecule is O=C(NCCc1c[nH]c2ccc(Cl)cc12)/C(=C/c1ccccc1)c1ccccc1. The summed E-state index contributed by atoms with van der Waals surface area (Å²) in [6, 6.07) is 25.4. The Morgan fingerprint density at radius 3 is 2.45 bits per heavy atom. The van der Waals surface area contributed by atoms with Crippen molar-refractivity contribution in [3.8, 4) is 0 Å². The van der Waals surface area contributed by atoms with Gasteiger partial charge in [0.1, 0.15) is 0 Å². The van der Waals surface area contributed by atoms with Crippen molar-refractivity contribution in [1.82, 2.24) is 10.3 Å². The van der Waals surface area contributed by atoms with E-state index in [9.17, 15) is 4.79 Å². The van der Waals surface area contributed by atoms with Crippen LogP contribution < -0.4 is 5.32 Å². The van der Waals surface area contributed by atoms with Crippen molar-refractivity contribution >= 4 is 40.1 Å². The minimum Gasteiger partial charge on any atom is -0.361 e. The number of aromatic amines is 1.